The van der Waals surface area contributed by atoms with Crippen LogP contribution in [0.1, 0.15) is 28.7 Å². The zero-order valence-corrected chi connectivity index (χ0v) is 22.7. The molecule has 0 aliphatic heterocycles. The summed E-state index contributed by atoms with van der Waals surface area (Å²) in [6.07, 6.45) is 1.13. The fourth-order valence-corrected chi connectivity index (χ4v) is 5.78. The number of hydrogen-bond donors (Lipinski definition) is 1. The van der Waals surface area contributed by atoms with E-state index in [-0.39, 0.29) is 21.5 Å². The number of nitrogens with zero attached hydrogens (tertiary/aromatic N) is 1. The van der Waals surface area contributed by atoms with Crippen LogP contribution < -0.4 is 5.32 Å². The number of benzene rings is 3. The summed E-state index contributed by atoms with van der Waals surface area (Å²) in [5, 5.41) is 2.84. The summed E-state index contributed by atoms with van der Waals surface area (Å²) in [5.41, 5.74) is 5.19. The lowest BCUT2D eigenvalue weighted by atomic mass is 10.0. The van der Waals surface area contributed by atoms with Crippen molar-refractivity contribution in [2.75, 3.05) is 17.3 Å². The van der Waals surface area contributed by atoms with E-state index in [4.69, 9.17) is 0 Å². The zero-order valence-electron chi connectivity index (χ0n) is 21.0. The van der Waals surface area contributed by atoms with Crippen LogP contribution in [-0.4, -0.2) is 39.3 Å². The fraction of sp³-hybridized carbons (Fsp3) is 0.179. The number of anilines is 1. The number of amides is 1. The minimum atomic E-state index is -3.32. The molecule has 0 atom stereocenters. The van der Waals surface area contributed by atoms with E-state index in [1.807, 2.05) is 48.7 Å². The molecule has 4 rings (SSSR count). The number of carbonyl (C=O) groups excluding carboxylic acids is 1. The average molecular weight is 537 g/mol. The highest BCUT2D eigenvalue weighted by Crippen LogP contribution is 2.31. The first kappa shape index (κ1) is 26.4. The highest BCUT2D eigenvalue weighted by molar-refractivity contribution is 7.91. The molecule has 0 fully saturated rings. The molecule has 0 saturated heterocycles. The molecule has 1 amide bonds. The molecule has 7 nitrogen and oxygen atoms in total. The highest BCUT2D eigenvalue weighted by Gasteiger charge is 2.19. The third kappa shape index (κ3) is 5.38. The molecule has 4 aromatic rings. The third-order valence-electron chi connectivity index (χ3n) is 6.27. The summed E-state index contributed by atoms with van der Waals surface area (Å²) < 4.78 is 49.8. The second kappa shape index (κ2) is 9.99. The van der Waals surface area contributed by atoms with Gasteiger partial charge in [0.15, 0.2) is 19.7 Å². The molecular weight excluding hydrogens is 508 g/mol. The number of hydrogen-bond acceptors (Lipinski definition) is 5. The Morgan fingerprint density at radius 2 is 1.43 bits per heavy atom. The molecule has 0 spiro atoms. The van der Waals surface area contributed by atoms with Gasteiger partial charge in [-0.3, -0.25) is 4.79 Å². The van der Waals surface area contributed by atoms with Crippen molar-refractivity contribution in [3.63, 3.8) is 0 Å². The number of nitrogens with one attached hydrogen (secondary N) is 1. The smallest absolute Gasteiger partial charge is 0.257 e. The number of para-hydroxylation sites is 1. The Morgan fingerprint density at radius 1 is 0.838 bits per heavy atom. The molecule has 0 aliphatic rings. The van der Waals surface area contributed by atoms with Crippen LogP contribution in [-0.2, 0) is 19.7 Å². The maximum Gasteiger partial charge on any atom is 0.257 e. The Hall–Kier alpha value is -3.69. The van der Waals surface area contributed by atoms with Gasteiger partial charge in [-0.15, -0.1) is 0 Å². The number of rotatable bonds is 7. The van der Waals surface area contributed by atoms with Crippen LogP contribution in [0, 0.1) is 13.8 Å². The van der Waals surface area contributed by atoms with Gasteiger partial charge >= 0.3 is 0 Å². The predicted molar refractivity (Wildman–Crippen MR) is 146 cm³/mol. The lowest BCUT2D eigenvalue weighted by Crippen LogP contribution is -2.13. The van der Waals surface area contributed by atoms with Gasteiger partial charge in [-0.1, -0.05) is 37.3 Å². The van der Waals surface area contributed by atoms with Gasteiger partial charge in [0.2, 0.25) is 0 Å². The van der Waals surface area contributed by atoms with Crippen molar-refractivity contribution < 1.29 is 21.6 Å². The second-order valence-corrected chi connectivity index (χ2v) is 13.1. The molecule has 1 heterocycles. The summed E-state index contributed by atoms with van der Waals surface area (Å²) in [7, 11) is -6.62. The maximum atomic E-state index is 13.1. The predicted octanol–water partition coefficient (Wildman–Crippen LogP) is 5.21. The van der Waals surface area contributed by atoms with E-state index < -0.39 is 19.7 Å². The van der Waals surface area contributed by atoms with Gasteiger partial charge in [0.05, 0.1) is 26.8 Å². The van der Waals surface area contributed by atoms with Gasteiger partial charge in [-0.2, -0.15) is 0 Å². The standard InChI is InChI=1S/C28H28N2O5S2/c1-5-37(34,35)24-14-10-21(11-15-24)25-8-6-7-9-27(25)30-19(2)18-26(20(30)3)28(31)29-22-12-16-23(17-13-22)36(4,32)33/h6-18H,5H2,1-4H3,(H,29,31). The van der Waals surface area contributed by atoms with Crippen LogP contribution in [0.4, 0.5) is 5.69 Å². The molecule has 0 saturated carbocycles. The minimum absolute atomic E-state index is 0.0391. The van der Waals surface area contributed by atoms with Crippen molar-refractivity contribution in [1.82, 2.24) is 4.57 Å². The lowest BCUT2D eigenvalue weighted by molar-refractivity contribution is 0.102. The van der Waals surface area contributed by atoms with E-state index in [1.165, 1.54) is 12.1 Å². The van der Waals surface area contributed by atoms with Crippen molar-refractivity contribution in [3.8, 4) is 16.8 Å². The van der Waals surface area contributed by atoms with Crippen LogP contribution in [0.15, 0.2) is 88.7 Å². The van der Waals surface area contributed by atoms with Crippen molar-refractivity contribution in [3.05, 3.63) is 95.8 Å². The van der Waals surface area contributed by atoms with Crippen LogP contribution in [0.3, 0.4) is 0 Å². The SMILES string of the molecule is CCS(=O)(=O)c1ccc(-c2ccccc2-n2c(C)cc(C(=O)Nc3ccc(S(C)(=O)=O)cc3)c2C)cc1. The molecular formula is C28H28N2O5S2. The van der Waals surface area contributed by atoms with Gasteiger partial charge < -0.3 is 9.88 Å². The molecule has 192 valence electrons. The van der Waals surface area contributed by atoms with Gasteiger partial charge in [0.25, 0.3) is 5.91 Å². The van der Waals surface area contributed by atoms with Crippen molar-refractivity contribution in [1.29, 1.82) is 0 Å². The first-order valence-corrected chi connectivity index (χ1v) is 15.2. The summed E-state index contributed by atoms with van der Waals surface area (Å²) in [6, 6.07) is 22.4. The fourth-order valence-electron chi connectivity index (χ4n) is 4.27. The first-order valence-electron chi connectivity index (χ1n) is 11.7. The van der Waals surface area contributed by atoms with Gasteiger partial charge in [-0.25, -0.2) is 16.8 Å². The number of sulfone groups is 2. The Labute approximate surface area is 217 Å². The van der Waals surface area contributed by atoms with Crippen molar-refractivity contribution >= 4 is 31.3 Å². The normalized spacial score (nSPS) is 11.9. The van der Waals surface area contributed by atoms with Crippen LogP contribution in [0.2, 0.25) is 0 Å². The molecule has 0 aliphatic carbocycles. The zero-order chi connectivity index (χ0) is 27.0. The monoisotopic (exact) mass is 536 g/mol. The van der Waals surface area contributed by atoms with Crippen LogP contribution >= 0.6 is 0 Å². The summed E-state index contributed by atoms with van der Waals surface area (Å²) in [6.45, 7) is 5.40. The Bertz CT molecular complexity index is 1680. The Kier molecular flexibility index (Phi) is 7.12. The first-order chi connectivity index (χ1) is 17.4. The quantitative estimate of drug-likeness (QED) is 0.349. The van der Waals surface area contributed by atoms with Gasteiger partial charge in [0.1, 0.15) is 0 Å². The number of aryl methyl sites for hydroxylation is 1. The van der Waals surface area contributed by atoms with Crippen LogP contribution in [0.25, 0.3) is 16.8 Å². The van der Waals surface area contributed by atoms with Crippen molar-refractivity contribution in [2.24, 2.45) is 0 Å². The number of carbonyl (C=O) groups is 1. The molecule has 9 heteroatoms. The molecule has 0 unspecified atom stereocenters. The number of aromatic nitrogens is 1. The average Bonchev–Trinajstić information content (AvgIpc) is 3.17. The van der Waals surface area contributed by atoms with E-state index in [9.17, 15) is 21.6 Å². The minimum Gasteiger partial charge on any atom is -0.322 e. The van der Waals surface area contributed by atoms with E-state index in [0.29, 0.717) is 11.3 Å². The van der Waals surface area contributed by atoms with Crippen molar-refractivity contribution in [2.45, 2.75) is 30.6 Å². The van der Waals surface area contributed by atoms with E-state index >= 15 is 0 Å². The maximum absolute atomic E-state index is 13.1. The summed E-state index contributed by atoms with van der Waals surface area (Å²) in [5.74, 6) is -0.268. The molecule has 1 aromatic heterocycles. The largest absolute Gasteiger partial charge is 0.322 e. The van der Waals surface area contributed by atoms with Gasteiger partial charge in [-0.05, 0) is 67.9 Å². The van der Waals surface area contributed by atoms with E-state index in [0.717, 1.165) is 34.5 Å². The molecule has 1 N–H and O–H groups in total. The van der Waals surface area contributed by atoms with Gasteiger partial charge in [0, 0.05) is 28.9 Å². The molecule has 37 heavy (non-hydrogen) atoms. The Balaban J connectivity index is 1.68. The summed E-state index contributed by atoms with van der Waals surface area (Å²) in [4.78, 5) is 13.6. The topological polar surface area (TPSA) is 102 Å². The summed E-state index contributed by atoms with van der Waals surface area (Å²) >= 11 is 0. The highest BCUT2D eigenvalue weighted by atomic mass is 32.2. The molecule has 0 radical (unpaired) electrons. The van der Waals surface area contributed by atoms with E-state index in [1.54, 1.807) is 43.3 Å². The molecule has 0 bridgehead atoms. The lowest BCUT2D eigenvalue weighted by Gasteiger charge is -2.16. The third-order valence-corrected chi connectivity index (χ3v) is 9.14. The molecule has 3 aromatic carbocycles. The Morgan fingerprint density at radius 3 is 2.03 bits per heavy atom. The van der Waals surface area contributed by atoms with Crippen LogP contribution in [0.5, 0.6) is 0 Å². The van der Waals surface area contributed by atoms with E-state index in [2.05, 4.69) is 5.32 Å². The second-order valence-electron chi connectivity index (χ2n) is 8.82.